The summed E-state index contributed by atoms with van der Waals surface area (Å²) in [6, 6.07) is 14.5. The van der Waals surface area contributed by atoms with Crippen LogP contribution in [0, 0.1) is 5.82 Å². The van der Waals surface area contributed by atoms with Crippen LogP contribution in [0.4, 0.5) is 4.39 Å². The maximum absolute atomic E-state index is 12.9. The van der Waals surface area contributed by atoms with Crippen molar-refractivity contribution in [3.63, 3.8) is 0 Å². The Morgan fingerprint density at radius 1 is 0.857 bits per heavy atom. The highest BCUT2D eigenvalue weighted by molar-refractivity contribution is 5.96. The van der Waals surface area contributed by atoms with Gasteiger partial charge in [-0.15, -0.1) is 0 Å². The van der Waals surface area contributed by atoms with Crippen LogP contribution in [0.5, 0.6) is 0 Å². The number of nitrogens with zero attached hydrogens (tertiary/aromatic N) is 2. The molecule has 0 aliphatic carbocycles. The van der Waals surface area contributed by atoms with Crippen molar-refractivity contribution in [1.82, 2.24) is 20.6 Å². The van der Waals surface area contributed by atoms with Gasteiger partial charge in [-0.25, -0.2) is 9.37 Å². The number of halogens is 1. The third-order valence-corrected chi connectivity index (χ3v) is 4.00. The van der Waals surface area contributed by atoms with Crippen LogP contribution in [-0.4, -0.2) is 28.3 Å². The normalized spacial score (nSPS) is 10.3. The average Bonchev–Trinajstić information content (AvgIpc) is 2.74. The van der Waals surface area contributed by atoms with Gasteiger partial charge in [-0.2, -0.15) is 0 Å². The Labute approximate surface area is 161 Å². The van der Waals surface area contributed by atoms with Gasteiger partial charge >= 0.3 is 0 Å². The van der Waals surface area contributed by atoms with Gasteiger partial charge in [-0.05, 0) is 47.9 Å². The van der Waals surface area contributed by atoms with Crippen LogP contribution >= 0.6 is 0 Å². The number of carbonyl (C=O) groups is 2. The van der Waals surface area contributed by atoms with Gasteiger partial charge in [0.1, 0.15) is 17.2 Å². The van der Waals surface area contributed by atoms with Crippen LogP contribution in [0.1, 0.15) is 32.1 Å². The van der Waals surface area contributed by atoms with E-state index in [1.807, 2.05) is 6.07 Å². The number of nitrogens with one attached hydrogen (secondary N) is 2. The molecule has 0 saturated heterocycles. The van der Waals surface area contributed by atoms with Crippen LogP contribution in [0.25, 0.3) is 0 Å². The van der Waals surface area contributed by atoms with Gasteiger partial charge in [0.2, 0.25) is 0 Å². The number of pyridine rings is 2. The fourth-order valence-electron chi connectivity index (χ4n) is 2.53. The highest BCUT2D eigenvalue weighted by Crippen LogP contribution is 2.04. The van der Waals surface area contributed by atoms with Crippen LogP contribution in [0.15, 0.2) is 67.0 Å². The lowest BCUT2D eigenvalue weighted by atomic mass is 10.1. The predicted octanol–water partition coefficient (Wildman–Crippen LogP) is 2.52. The van der Waals surface area contributed by atoms with Gasteiger partial charge < -0.3 is 10.6 Å². The number of rotatable bonds is 7. The molecule has 2 heterocycles. The number of hydrogen-bond donors (Lipinski definition) is 2. The summed E-state index contributed by atoms with van der Waals surface area (Å²) < 4.78 is 12.9. The second kappa shape index (κ2) is 9.36. The van der Waals surface area contributed by atoms with E-state index < -0.39 is 0 Å². The first-order valence-electron chi connectivity index (χ1n) is 8.78. The Morgan fingerprint density at radius 2 is 1.57 bits per heavy atom. The van der Waals surface area contributed by atoms with E-state index in [9.17, 15) is 14.0 Å². The predicted molar refractivity (Wildman–Crippen MR) is 102 cm³/mol. The molecule has 0 bridgehead atoms. The molecule has 3 rings (SSSR count). The van der Waals surface area contributed by atoms with Gasteiger partial charge in [-0.1, -0.05) is 24.3 Å². The van der Waals surface area contributed by atoms with Crippen molar-refractivity contribution in [2.24, 2.45) is 0 Å². The van der Waals surface area contributed by atoms with Crippen molar-refractivity contribution in [3.05, 3.63) is 95.3 Å². The van der Waals surface area contributed by atoms with Crippen LogP contribution in [0.3, 0.4) is 0 Å². The lowest BCUT2D eigenvalue weighted by Crippen LogP contribution is -2.28. The summed E-state index contributed by atoms with van der Waals surface area (Å²) in [4.78, 5) is 32.7. The van der Waals surface area contributed by atoms with E-state index in [-0.39, 0.29) is 29.0 Å². The molecule has 2 N–H and O–H groups in total. The molecule has 0 aliphatic rings. The maximum atomic E-state index is 12.9. The zero-order chi connectivity index (χ0) is 19.8. The Morgan fingerprint density at radius 3 is 2.25 bits per heavy atom. The molecule has 0 radical (unpaired) electrons. The molecule has 0 unspecified atom stereocenters. The van der Waals surface area contributed by atoms with Gasteiger partial charge in [0.25, 0.3) is 11.8 Å². The third-order valence-electron chi connectivity index (χ3n) is 4.00. The average molecular weight is 378 g/mol. The van der Waals surface area contributed by atoms with Crippen LogP contribution < -0.4 is 10.6 Å². The lowest BCUT2D eigenvalue weighted by Gasteiger charge is -2.07. The molecule has 0 fully saturated rings. The van der Waals surface area contributed by atoms with E-state index in [2.05, 4.69) is 20.6 Å². The van der Waals surface area contributed by atoms with E-state index in [1.54, 1.807) is 48.8 Å². The molecule has 1 aromatic carbocycles. The molecule has 0 spiro atoms. The van der Waals surface area contributed by atoms with Gasteiger partial charge in [-0.3, -0.25) is 14.6 Å². The Balaban J connectivity index is 1.53. The molecule has 2 amide bonds. The van der Waals surface area contributed by atoms with Crippen molar-refractivity contribution in [1.29, 1.82) is 0 Å². The van der Waals surface area contributed by atoms with Gasteiger partial charge in [0.15, 0.2) is 0 Å². The molecule has 0 atom stereocenters. The Bertz CT molecular complexity index is 946. The highest BCUT2D eigenvalue weighted by atomic mass is 19.1. The summed E-state index contributed by atoms with van der Waals surface area (Å²) in [6.07, 6.45) is 3.89. The molecule has 7 heteroatoms. The molecule has 2 aromatic heterocycles. The molecular weight excluding hydrogens is 359 g/mol. The van der Waals surface area contributed by atoms with Crippen molar-refractivity contribution in [2.75, 3.05) is 6.54 Å². The molecule has 28 heavy (non-hydrogen) atoms. The van der Waals surface area contributed by atoms with Crippen LogP contribution in [0.2, 0.25) is 0 Å². The monoisotopic (exact) mass is 378 g/mol. The van der Waals surface area contributed by atoms with E-state index in [0.29, 0.717) is 19.5 Å². The minimum Gasteiger partial charge on any atom is -0.350 e. The number of benzene rings is 1. The zero-order valence-electron chi connectivity index (χ0n) is 15.1. The standard InChI is InChI=1S/C21H19FN4O2/c22-17-8-6-15(7-9-17)10-12-24-20(27)18-4-1-5-19(26-18)21(28)25-14-16-3-2-11-23-13-16/h1-9,11,13H,10,12,14H2,(H,24,27)(H,25,28). The van der Waals surface area contributed by atoms with Crippen LogP contribution in [-0.2, 0) is 13.0 Å². The second-order valence-corrected chi connectivity index (χ2v) is 6.08. The van der Waals surface area contributed by atoms with Gasteiger partial charge in [0, 0.05) is 25.5 Å². The molecule has 0 saturated carbocycles. The minimum absolute atomic E-state index is 0.160. The Hall–Kier alpha value is -3.61. The number of hydrogen-bond acceptors (Lipinski definition) is 4. The zero-order valence-corrected chi connectivity index (χ0v) is 15.1. The molecule has 6 nitrogen and oxygen atoms in total. The van der Waals surface area contributed by atoms with E-state index in [0.717, 1.165) is 11.1 Å². The van der Waals surface area contributed by atoms with E-state index >= 15 is 0 Å². The summed E-state index contributed by atoms with van der Waals surface area (Å²) >= 11 is 0. The minimum atomic E-state index is -0.371. The van der Waals surface area contributed by atoms with Gasteiger partial charge in [0.05, 0.1) is 0 Å². The first-order chi connectivity index (χ1) is 13.6. The topological polar surface area (TPSA) is 84.0 Å². The second-order valence-electron chi connectivity index (χ2n) is 6.08. The van der Waals surface area contributed by atoms with Crippen molar-refractivity contribution >= 4 is 11.8 Å². The van der Waals surface area contributed by atoms with E-state index in [1.165, 1.54) is 12.1 Å². The maximum Gasteiger partial charge on any atom is 0.270 e. The van der Waals surface area contributed by atoms with Crippen molar-refractivity contribution < 1.29 is 14.0 Å². The summed E-state index contributed by atoms with van der Waals surface area (Å²) in [6.45, 7) is 0.700. The molecular formula is C21H19FN4O2. The first-order valence-corrected chi connectivity index (χ1v) is 8.78. The molecule has 0 aliphatic heterocycles. The SMILES string of the molecule is O=C(NCCc1ccc(F)cc1)c1cccc(C(=O)NCc2cccnc2)n1. The molecule has 3 aromatic rings. The quantitative estimate of drug-likeness (QED) is 0.662. The largest absolute Gasteiger partial charge is 0.350 e. The van der Waals surface area contributed by atoms with E-state index in [4.69, 9.17) is 0 Å². The molecule has 142 valence electrons. The van der Waals surface area contributed by atoms with Crippen molar-refractivity contribution in [3.8, 4) is 0 Å². The highest BCUT2D eigenvalue weighted by Gasteiger charge is 2.12. The third kappa shape index (κ3) is 5.44. The summed E-state index contributed by atoms with van der Waals surface area (Å²) in [5.41, 5.74) is 2.10. The summed E-state index contributed by atoms with van der Waals surface area (Å²) in [5, 5.41) is 5.50. The fraction of sp³-hybridized carbons (Fsp3) is 0.143. The summed E-state index contributed by atoms with van der Waals surface area (Å²) in [7, 11) is 0. The fourth-order valence-corrected chi connectivity index (χ4v) is 2.53. The first kappa shape index (κ1) is 19.2. The number of amides is 2. The number of aromatic nitrogens is 2. The smallest absolute Gasteiger partial charge is 0.270 e. The lowest BCUT2D eigenvalue weighted by molar-refractivity contribution is 0.0943. The van der Waals surface area contributed by atoms with Crippen molar-refractivity contribution in [2.45, 2.75) is 13.0 Å². The Kier molecular flexibility index (Phi) is 6.41. The summed E-state index contributed by atoms with van der Waals surface area (Å²) in [5.74, 6) is -1.04. The number of carbonyl (C=O) groups excluding carboxylic acids is 2.